The van der Waals surface area contributed by atoms with E-state index in [9.17, 15) is 4.79 Å². The lowest BCUT2D eigenvalue weighted by atomic mass is 10.0. The zero-order valence-electron chi connectivity index (χ0n) is 14.8. The predicted octanol–water partition coefficient (Wildman–Crippen LogP) is 4.68. The summed E-state index contributed by atoms with van der Waals surface area (Å²) >= 11 is 6.24. The summed E-state index contributed by atoms with van der Waals surface area (Å²) in [6.45, 7) is 0.695. The molecule has 0 unspecified atom stereocenters. The van der Waals surface area contributed by atoms with Crippen LogP contribution in [0.2, 0.25) is 5.02 Å². The molecular formula is C21H20ClN3O2. The molecule has 0 bridgehead atoms. The summed E-state index contributed by atoms with van der Waals surface area (Å²) in [6, 6.07) is 11.1. The molecule has 0 N–H and O–H groups in total. The first-order valence-corrected chi connectivity index (χ1v) is 9.49. The summed E-state index contributed by atoms with van der Waals surface area (Å²) in [5.74, 6) is 1.31. The number of carbonyl (C=O) groups excluding carboxylic acids is 1. The van der Waals surface area contributed by atoms with Gasteiger partial charge in [-0.05, 0) is 43.0 Å². The maximum absolute atomic E-state index is 12.9. The molecule has 1 saturated heterocycles. The minimum Gasteiger partial charge on any atom is -0.443 e. The SMILES string of the molecule is O=C(c1cccnc1)N1CCCC[C@H]1c1ncc(Cc2ccccc2Cl)o1. The summed E-state index contributed by atoms with van der Waals surface area (Å²) in [5.41, 5.74) is 1.58. The molecular weight excluding hydrogens is 362 g/mol. The largest absolute Gasteiger partial charge is 0.443 e. The molecule has 138 valence electrons. The number of benzene rings is 1. The fourth-order valence-electron chi connectivity index (χ4n) is 3.47. The van der Waals surface area contributed by atoms with E-state index in [0.29, 0.717) is 29.4 Å². The van der Waals surface area contributed by atoms with Crippen LogP contribution in [0.3, 0.4) is 0 Å². The highest BCUT2D eigenvalue weighted by Crippen LogP contribution is 2.32. The van der Waals surface area contributed by atoms with E-state index in [0.717, 1.165) is 30.6 Å². The summed E-state index contributed by atoms with van der Waals surface area (Å²) in [6.07, 6.45) is 8.46. The molecule has 4 rings (SSSR count). The molecule has 3 aromatic rings. The number of hydrogen-bond acceptors (Lipinski definition) is 4. The van der Waals surface area contributed by atoms with E-state index in [1.54, 1.807) is 30.7 Å². The summed E-state index contributed by atoms with van der Waals surface area (Å²) in [7, 11) is 0. The average molecular weight is 382 g/mol. The third-order valence-electron chi connectivity index (χ3n) is 4.85. The number of rotatable bonds is 4. The number of oxazole rings is 1. The zero-order valence-corrected chi connectivity index (χ0v) is 15.6. The lowest BCUT2D eigenvalue weighted by molar-refractivity contribution is 0.0569. The van der Waals surface area contributed by atoms with Crippen LogP contribution in [0.15, 0.2) is 59.4 Å². The van der Waals surface area contributed by atoms with Crippen molar-refractivity contribution < 1.29 is 9.21 Å². The van der Waals surface area contributed by atoms with Crippen molar-refractivity contribution in [1.82, 2.24) is 14.9 Å². The first-order chi connectivity index (χ1) is 13.2. The quantitative estimate of drug-likeness (QED) is 0.658. The lowest BCUT2D eigenvalue weighted by Crippen LogP contribution is -2.38. The maximum atomic E-state index is 12.9. The van der Waals surface area contributed by atoms with Crippen LogP contribution >= 0.6 is 11.6 Å². The fourth-order valence-corrected chi connectivity index (χ4v) is 3.68. The molecule has 1 aliphatic heterocycles. The number of likely N-dealkylation sites (tertiary alicyclic amines) is 1. The third-order valence-corrected chi connectivity index (χ3v) is 5.22. The molecule has 0 saturated carbocycles. The normalized spacial score (nSPS) is 17.1. The average Bonchev–Trinajstić information content (AvgIpc) is 3.18. The van der Waals surface area contributed by atoms with Gasteiger partial charge in [-0.1, -0.05) is 29.8 Å². The van der Waals surface area contributed by atoms with Crippen LogP contribution < -0.4 is 0 Å². The minimum atomic E-state index is -0.147. The monoisotopic (exact) mass is 381 g/mol. The van der Waals surface area contributed by atoms with E-state index in [2.05, 4.69) is 9.97 Å². The Morgan fingerprint density at radius 3 is 2.89 bits per heavy atom. The van der Waals surface area contributed by atoms with Gasteiger partial charge >= 0.3 is 0 Å². The van der Waals surface area contributed by atoms with Crippen molar-refractivity contribution in [3.63, 3.8) is 0 Å². The van der Waals surface area contributed by atoms with Gasteiger partial charge in [-0.2, -0.15) is 0 Å². The highest BCUT2D eigenvalue weighted by Gasteiger charge is 2.32. The molecule has 2 aromatic heterocycles. The van der Waals surface area contributed by atoms with Gasteiger partial charge in [0.05, 0.1) is 11.8 Å². The topological polar surface area (TPSA) is 59.2 Å². The molecule has 27 heavy (non-hydrogen) atoms. The molecule has 1 aromatic carbocycles. The smallest absolute Gasteiger partial charge is 0.256 e. The van der Waals surface area contributed by atoms with Crippen LogP contribution in [0.4, 0.5) is 0 Å². The van der Waals surface area contributed by atoms with Gasteiger partial charge in [-0.25, -0.2) is 4.98 Å². The van der Waals surface area contributed by atoms with Crippen molar-refractivity contribution in [3.05, 3.63) is 82.8 Å². The van der Waals surface area contributed by atoms with Crippen molar-refractivity contribution >= 4 is 17.5 Å². The van der Waals surface area contributed by atoms with Gasteiger partial charge in [0.2, 0.25) is 5.89 Å². The van der Waals surface area contributed by atoms with Crippen LogP contribution in [-0.4, -0.2) is 27.3 Å². The van der Waals surface area contributed by atoms with Crippen molar-refractivity contribution in [2.75, 3.05) is 6.54 Å². The van der Waals surface area contributed by atoms with E-state index in [1.807, 2.05) is 29.2 Å². The van der Waals surface area contributed by atoms with Crippen molar-refractivity contribution in [2.24, 2.45) is 0 Å². The Labute approximate surface area is 163 Å². The number of piperidine rings is 1. The molecule has 3 heterocycles. The van der Waals surface area contributed by atoms with Crippen molar-refractivity contribution in [3.8, 4) is 0 Å². The van der Waals surface area contributed by atoms with E-state index in [1.165, 1.54) is 0 Å². The van der Waals surface area contributed by atoms with Crippen LogP contribution in [0.25, 0.3) is 0 Å². The number of carbonyl (C=O) groups is 1. The lowest BCUT2D eigenvalue weighted by Gasteiger charge is -2.33. The number of hydrogen-bond donors (Lipinski definition) is 0. The molecule has 0 spiro atoms. The highest BCUT2D eigenvalue weighted by atomic mass is 35.5. The van der Waals surface area contributed by atoms with Gasteiger partial charge in [-0.3, -0.25) is 9.78 Å². The number of halogens is 1. The summed E-state index contributed by atoms with van der Waals surface area (Å²) in [4.78, 5) is 23.3. The second-order valence-electron chi connectivity index (χ2n) is 6.68. The molecule has 1 amide bonds. The summed E-state index contributed by atoms with van der Waals surface area (Å²) < 4.78 is 6.02. The van der Waals surface area contributed by atoms with Gasteiger partial charge in [0.1, 0.15) is 11.8 Å². The maximum Gasteiger partial charge on any atom is 0.256 e. The first-order valence-electron chi connectivity index (χ1n) is 9.11. The second kappa shape index (κ2) is 7.92. The Balaban J connectivity index is 1.55. The van der Waals surface area contributed by atoms with Crippen LogP contribution in [0.1, 0.15) is 52.9 Å². The molecule has 5 nitrogen and oxygen atoms in total. The Kier molecular flexibility index (Phi) is 5.21. The third kappa shape index (κ3) is 3.88. The summed E-state index contributed by atoms with van der Waals surface area (Å²) in [5, 5.41) is 0.710. The Morgan fingerprint density at radius 1 is 1.19 bits per heavy atom. The second-order valence-corrected chi connectivity index (χ2v) is 7.09. The van der Waals surface area contributed by atoms with Crippen LogP contribution in [-0.2, 0) is 6.42 Å². The molecule has 1 fully saturated rings. The van der Waals surface area contributed by atoms with Gasteiger partial charge in [0.15, 0.2) is 0 Å². The standard InChI is InChI=1S/C21H20ClN3O2/c22-18-8-2-1-6-15(18)12-17-14-24-20(27-17)19-9-3-4-11-25(19)21(26)16-7-5-10-23-13-16/h1-2,5-8,10,13-14,19H,3-4,9,11-12H2/t19-/m0/s1. The van der Waals surface area contributed by atoms with Gasteiger partial charge in [-0.15, -0.1) is 0 Å². The number of pyridine rings is 1. The van der Waals surface area contributed by atoms with Gasteiger partial charge < -0.3 is 9.32 Å². The van der Waals surface area contributed by atoms with Gasteiger partial charge in [0.25, 0.3) is 5.91 Å². The highest BCUT2D eigenvalue weighted by molar-refractivity contribution is 6.31. The van der Waals surface area contributed by atoms with E-state index < -0.39 is 0 Å². The molecule has 0 radical (unpaired) electrons. The van der Waals surface area contributed by atoms with E-state index >= 15 is 0 Å². The minimum absolute atomic E-state index is 0.0290. The molecule has 6 heteroatoms. The molecule has 1 atom stereocenters. The molecule has 0 aliphatic carbocycles. The van der Waals surface area contributed by atoms with Gasteiger partial charge in [0, 0.05) is 30.4 Å². The molecule has 1 aliphatic rings. The predicted molar refractivity (Wildman–Crippen MR) is 103 cm³/mol. The fraction of sp³-hybridized carbons (Fsp3) is 0.286. The van der Waals surface area contributed by atoms with E-state index in [4.69, 9.17) is 16.0 Å². The van der Waals surface area contributed by atoms with Crippen LogP contribution in [0.5, 0.6) is 0 Å². The van der Waals surface area contributed by atoms with E-state index in [-0.39, 0.29) is 11.9 Å². The van der Waals surface area contributed by atoms with Crippen LogP contribution in [0, 0.1) is 0 Å². The Bertz CT molecular complexity index is 926. The number of amides is 1. The Hall–Kier alpha value is -2.66. The van der Waals surface area contributed by atoms with Crippen molar-refractivity contribution in [1.29, 1.82) is 0 Å². The number of nitrogens with zero attached hydrogens (tertiary/aromatic N) is 3. The Morgan fingerprint density at radius 2 is 2.07 bits per heavy atom. The number of aromatic nitrogens is 2. The van der Waals surface area contributed by atoms with Crippen molar-refractivity contribution in [2.45, 2.75) is 31.7 Å². The first kappa shape index (κ1) is 17.7. The zero-order chi connectivity index (χ0) is 18.6.